The Morgan fingerprint density at radius 3 is 2.68 bits per heavy atom. The van der Waals surface area contributed by atoms with Gasteiger partial charge in [0.05, 0.1) is 11.2 Å². The van der Waals surface area contributed by atoms with E-state index in [9.17, 15) is 9.90 Å². The first-order chi connectivity index (χ1) is 10.2. The number of nitrogens with one attached hydrogen (secondary N) is 1. The fraction of sp³-hybridized carbons (Fsp3) is 0.706. The lowest BCUT2D eigenvalue weighted by Gasteiger charge is -2.41. The van der Waals surface area contributed by atoms with Crippen molar-refractivity contribution >= 4 is 5.91 Å². The number of rotatable bonds is 4. The molecule has 5 heteroatoms. The normalized spacial score (nSPS) is 20.7. The average Bonchev–Trinajstić information content (AvgIpc) is 2.85. The molecule has 0 radical (unpaired) electrons. The van der Waals surface area contributed by atoms with Crippen LogP contribution in [0, 0.1) is 0 Å². The van der Waals surface area contributed by atoms with Crippen LogP contribution in [-0.2, 0) is 0 Å². The van der Waals surface area contributed by atoms with E-state index < -0.39 is 5.60 Å². The van der Waals surface area contributed by atoms with Crippen molar-refractivity contribution in [3.8, 4) is 0 Å². The minimum absolute atomic E-state index is 0.111. The van der Waals surface area contributed by atoms with Crippen LogP contribution >= 0.6 is 0 Å². The summed E-state index contributed by atoms with van der Waals surface area (Å²) in [5, 5.41) is 9.95. The standard InChI is InChI=1S/C17H29N3O2/c1-12(2)15-14(6-7-18-15)16(21)20-9-8-19(10-13(20)3)11-17(4,5)22/h6-7,12-13,18,22H,8-11H2,1-5H3. The molecule has 5 nitrogen and oxygen atoms in total. The van der Waals surface area contributed by atoms with E-state index in [1.165, 1.54) is 0 Å². The molecule has 0 aromatic carbocycles. The smallest absolute Gasteiger partial charge is 0.256 e. The van der Waals surface area contributed by atoms with Crippen LogP contribution in [0.3, 0.4) is 0 Å². The Morgan fingerprint density at radius 1 is 1.45 bits per heavy atom. The molecule has 124 valence electrons. The maximum atomic E-state index is 12.8. The van der Waals surface area contributed by atoms with Crippen LogP contribution in [0.25, 0.3) is 0 Å². The number of H-pyrrole nitrogens is 1. The fourth-order valence-corrected chi connectivity index (χ4v) is 3.23. The molecule has 0 aliphatic carbocycles. The predicted octanol–water partition coefficient (Wildman–Crippen LogP) is 2.06. The highest BCUT2D eigenvalue weighted by atomic mass is 16.3. The van der Waals surface area contributed by atoms with Gasteiger partial charge in [-0.05, 0) is 32.8 Å². The highest BCUT2D eigenvalue weighted by Crippen LogP contribution is 2.22. The number of piperazine rings is 1. The molecule has 2 N–H and O–H groups in total. The summed E-state index contributed by atoms with van der Waals surface area (Å²) in [5.74, 6) is 0.418. The Labute approximate surface area is 133 Å². The van der Waals surface area contributed by atoms with Crippen molar-refractivity contribution in [2.75, 3.05) is 26.2 Å². The van der Waals surface area contributed by atoms with Gasteiger partial charge in [0.15, 0.2) is 0 Å². The van der Waals surface area contributed by atoms with E-state index >= 15 is 0 Å². The maximum absolute atomic E-state index is 12.8. The Morgan fingerprint density at radius 2 is 2.14 bits per heavy atom. The molecule has 1 amide bonds. The minimum atomic E-state index is -0.697. The Bertz CT molecular complexity index is 516. The quantitative estimate of drug-likeness (QED) is 0.895. The van der Waals surface area contributed by atoms with Crippen molar-refractivity contribution in [1.82, 2.24) is 14.8 Å². The summed E-state index contributed by atoms with van der Waals surface area (Å²) in [7, 11) is 0. The highest BCUT2D eigenvalue weighted by molar-refractivity contribution is 5.95. The van der Waals surface area contributed by atoms with Crippen LogP contribution in [0.15, 0.2) is 12.3 Å². The zero-order valence-electron chi connectivity index (χ0n) is 14.4. The third-order valence-electron chi connectivity index (χ3n) is 4.17. The molecular formula is C17H29N3O2. The summed E-state index contributed by atoms with van der Waals surface area (Å²) in [6.45, 7) is 12.9. The molecule has 2 heterocycles. The van der Waals surface area contributed by atoms with Crippen LogP contribution < -0.4 is 0 Å². The highest BCUT2D eigenvalue weighted by Gasteiger charge is 2.31. The minimum Gasteiger partial charge on any atom is -0.389 e. The van der Waals surface area contributed by atoms with Crippen LogP contribution in [0.1, 0.15) is 56.6 Å². The number of carbonyl (C=O) groups excluding carboxylic acids is 1. The van der Waals surface area contributed by atoms with Crippen LogP contribution in [0.4, 0.5) is 0 Å². The van der Waals surface area contributed by atoms with E-state index in [1.807, 2.05) is 31.0 Å². The second-order valence-corrected chi connectivity index (χ2v) is 7.35. The van der Waals surface area contributed by atoms with Gasteiger partial charge in [0.1, 0.15) is 0 Å². The number of aliphatic hydroxyl groups is 1. The first kappa shape index (κ1) is 17.0. The van der Waals surface area contributed by atoms with Crippen molar-refractivity contribution in [2.24, 2.45) is 0 Å². The molecule has 0 saturated carbocycles. The first-order valence-electron chi connectivity index (χ1n) is 8.12. The lowest BCUT2D eigenvalue weighted by atomic mass is 10.0. The number of aromatic amines is 1. The van der Waals surface area contributed by atoms with Crippen LogP contribution in [0.2, 0.25) is 0 Å². The largest absolute Gasteiger partial charge is 0.389 e. The molecule has 1 saturated heterocycles. The van der Waals surface area contributed by atoms with Crippen molar-refractivity contribution in [1.29, 1.82) is 0 Å². The molecule has 0 bridgehead atoms. The molecule has 22 heavy (non-hydrogen) atoms. The van der Waals surface area contributed by atoms with Gasteiger partial charge < -0.3 is 15.0 Å². The van der Waals surface area contributed by atoms with Gasteiger partial charge in [-0.25, -0.2) is 0 Å². The van der Waals surface area contributed by atoms with Gasteiger partial charge in [-0.2, -0.15) is 0 Å². The zero-order chi connectivity index (χ0) is 16.5. The van der Waals surface area contributed by atoms with Crippen molar-refractivity contribution in [3.63, 3.8) is 0 Å². The first-order valence-corrected chi connectivity index (χ1v) is 8.12. The Balaban J connectivity index is 2.05. The predicted molar refractivity (Wildman–Crippen MR) is 88.1 cm³/mol. The lowest BCUT2D eigenvalue weighted by molar-refractivity contribution is 0.00574. The second kappa shape index (κ2) is 6.42. The van der Waals surface area contributed by atoms with Crippen molar-refractivity contribution < 1.29 is 9.90 Å². The van der Waals surface area contributed by atoms with E-state index in [1.54, 1.807) is 0 Å². The number of aromatic nitrogens is 1. The topological polar surface area (TPSA) is 59.6 Å². The third-order valence-corrected chi connectivity index (χ3v) is 4.17. The Hall–Kier alpha value is -1.33. The molecule has 1 unspecified atom stereocenters. The number of β-amino-alcohol motifs (C(OH)–C–C–N with tert-alkyl or cyclic N) is 1. The molecule has 1 aromatic heterocycles. The lowest BCUT2D eigenvalue weighted by Crippen LogP contribution is -2.56. The van der Waals surface area contributed by atoms with Crippen molar-refractivity contribution in [3.05, 3.63) is 23.5 Å². The summed E-state index contributed by atoms with van der Waals surface area (Å²) in [5.41, 5.74) is 1.10. The molecule has 1 fully saturated rings. The second-order valence-electron chi connectivity index (χ2n) is 7.35. The number of carbonyl (C=O) groups is 1. The van der Waals surface area contributed by atoms with Gasteiger partial charge >= 0.3 is 0 Å². The summed E-state index contributed by atoms with van der Waals surface area (Å²) < 4.78 is 0. The van der Waals surface area contributed by atoms with E-state index in [4.69, 9.17) is 0 Å². The molecule has 1 aliphatic rings. The van der Waals surface area contributed by atoms with E-state index in [0.717, 1.165) is 24.3 Å². The number of hydrogen-bond donors (Lipinski definition) is 2. The third kappa shape index (κ3) is 3.90. The molecule has 1 aromatic rings. The average molecular weight is 307 g/mol. The van der Waals surface area contributed by atoms with Gasteiger partial charge in [0, 0.05) is 44.1 Å². The molecule has 1 atom stereocenters. The summed E-state index contributed by atoms with van der Waals surface area (Å²) >= 11 is 0. The van der Waals surface area contributed by atoms with Crippen molar-refractivity contribution in [2.45, 2.75) is 52.2 Å². The van der Waals surface area contributed by atoms with Gasteiger partial charge in [-0.3, -0.25) is 9.69 Å². The zero-order valence-corrected chi connectivity index (χ0v) is 14.4. The summed E-state index contributed by atoms with van der Waals surface area (Å²) in [6, 6.07) is 2.03. The van der Waals surface area contributed by atoms with Gasteiger partial charge in [0.2, 0.25) is 0 Å². The summed E-state index contributed by atoms with van der Waals surface area (Å²) in [4.78, 5) is 20.2. The van der Waals surface area contributed by atoms with Gasteiger partial charge in [-0.1, -0.05) is 13.8 Å². The molecule has 2 rings (SSSR count). The fourth-order valence-electron chi connectivity index (χ4n) is 3.23. The molecule has 1 aliphatic heterocycles. The number of nitrogens with zero attached hydrogens (tertiary/aromatic N) is 2. The maximum Gasteiger partial charge on any atom is 0.256 e. The van der Waals surface area contributed by atoms with E-state index in [-0.39, 0.29) is 11.9 Å². The molecule has 0 spiro atoms. The van der Waals surface area contributed by atoms with Crippen LogP contribution in [-0.4, -0.2) is 63.6 Å². The Kier molecular flexibility index (Phi) is 4.97. The van der Waals surface area contributed by atoms with E-state index in [2.05, 4.69) is 30.7 Å². The van der Waals surface area contributed by atoms with E-state index in [0.29, 0.717) is 19.0 Å². The number of hydrogen-bond acceptors (Lipinski definition) is 3. The van der Waals surface area contributed by atoms with Crippen LogP contribution in [0.5, 0.6) is 0 Å². The van der Waals surface area contributed by atoms with Gasteiger partial charge in [0.25, 0.3) is 5.91 Å². The van der Waals surface area contributed by atoms with Gasteiger partial charge in [-0.15, -0.1) is 0 Å². The molecular weight excluding hydrogens is 278 g/mol. The number of amides is 1. The summed E-state index contributed by atoms with van der Waals surface area (Å²) in [6.07, 6.45) is 1.85. The SMILES string of the molecule is CC(C)c1[nH]ccc1C(=O)N1CCN(CC(C)(C)O)CC1C. The monoisotopic (exact) mass is 307 g/mol.